The van der Waals surface area contributed by atoms with Crippen LogP contribution in [-0.2, 0) is 14.3 Å². The lowest BCUT2D eigenvalue weighted by molar-refractivity contribution is -0.142. The third-order valence-electron chi connectivity index (χ3n) is 2.20. The van der Waals surface area contributed by atoms with Crippen LogP contribution in [0.5, 0.6) is 0 Å². The van der Waals surface area contributed by atoms with Crippen molar-refractivity contribution >= 4 is 23.7 Å². The number of aromatic nitrogens is 2. The molecule has 1 atom stereocenters. The van der Waals surface area contributed by atoms with Gasteiger partial charge in [0, 0.05) is 0 Å². The molecule has 1 rings (SSSR count). The number of thioether (sulfide) groups is 1. The summed E-state index contributed by atoms with van der Waals surface area (Å²) in [6.45, 7) is 5.94. The van der Waals surface area contributed by atoms with Gasteiger partial charge in [-0.25, -0.2) is 4.79 Å². The Morgan fingerprint density at radius 3 is 2.50 bits per heavy atom. The van der Waals surface area contributed by atoms with Crippen LogP contribution in [0.1, 0.15) is 44.3 Å². The van der Waals surface area contributed by atoms with E-state index in [9.17, 15) is 9.59 Å². The number of rotatable bonds is 8. The van der Waals surface area contributed by atoms with Crippen LogP contribution in [0.2, 0.25) is 0 Å². The van der Waals surface area contributed by atoms with Crippen LogP contribution in [0.3, 0.4) is 0 Å². The number of esters is 2. The largest absolute Gasteiger partial charge is 0.465 e. The van der Waals surface area contributed by atoms with Crippen molar-refractivity contribution in [2.45, 2.75) is 44.1 Å². The fraction of sp³-hybridized carbons (Fsp3) is 0.667. The van der Waals surface area contributed by atoms with Crippen LogP contribution in [0.25, 0.3) is 0 Å². The first-order valence-corrected chi connectivity index (χ1v) is 7.34. The smallest absolute Gasteiger partial charge is 0.396 e. The van der Waals surface area contributed by atoms with Gasteiger partial charge in [-0.05, 0) is 20.3 Å². The summed E-state index contributed by atoms with van der Waals surface area (Å²) < 4.78 is 14.9. The molecule has 0 saturated heterocycles. The molecule has 0 fully saturated rings. The highest BCUT2D eigenvalue weighted by atomic mass is 32.2. The average molecular weight is 302 g/mol. The number of hydrogen-bond acceptors (Lipinski definition) is 8. The molecule has 0 aliphatic heterocycles. The maximum Gasteiger partial charge on any atom is 0.396 e. The molecular formula is C12H18N2O5S. The zero-order valence-electron chi connectivity index (χ0n) is 11.7. The van der Waals surface area contributed by atoms with E-state index in [1.165, 1.54) is 0 Å². The molecule has 1 heterocycles. The molecule has 0 amide bonds. The van der Waals surface area contributed by atoms with Gasteiger partial charge in [-0.15, -0.1) is 5.10 Å². The minimum Gasteiger partial charge on any atom is -0.465 e. The van der Waals surface area contributed by atoms with Crippen molar-refractivity contribution in [2.24, 2.45) is 0 Å². The van der Waals surface area contributed by atoms with Crippen LogP contribution in [-0.4, -0.2) is 40.6 Å². The minimum atomic E-state index is -0.671. The summed E-state index contributed by atoms with van der Waals surface area (Å²) in [6.07, 6.45) is 1.44. The van der Waals surface area contributed by atoms with Gasteiger partial charge in [-0.1, -0.05) is 30.2 Å². The van der Waals surface area contributed by atoms with Crippen molar-refractivity contribution < 1.29 is 23.5 Å². The summed E-state index contributed by atoms with van der Waals surface area (Å²) in [7, 11) is 0. The molecule has 1 aromatic heterocycles. The van der Waals surface area contributed by atoms with E-state index in [1.54, 1.807) is 13.8 Å². The number of carbonyl (C=O) groups is 2. The fourth-order valence-corrected chi connectivity index (χ4v) is 2.35. The van der Waals surface area contributed by atoms with Crippen molar-refractivity contribution in [1.29, 1.82) is 0 Å². The van der Waals surface area contributed by atoms with Crippen molar-refractivity contribution in [3.8, 4) is 0 Å². The van der Waals surface area contributed by atoms with E-state index in [4.69, 9.17) is 13.9 Å². The number of hydrogen-bond donors (Lipinski definition) is 0. The predicted octanol–water partition coefficient (Wildman–Crippen LogP) is 2.07. The fourth-order valence-electron chi connectivity index (χ4n) is 1.38. The molecule has 0 spiro atoms. The maximum atomic E-state index is 11.8. The Hall–Kier alpha value is -1.57. The Morgan fingerprint density at radius 2 is 1.90 bits per heavy atom. The molecule has 1 unspecified atom stereocenters. The summed E-state index contributed by atoms with van der Waals surface area (Å²) in [4.78, 5) is 23.1. The standard InChI is InChI=1S/C12H18N2O5S/c1-4-7-8(10(15)17-5-2)20-12-14-13-9(19-12)11(16)18-6-3/h8H,4-7H2,1-3H3. The Morgan fingerprint density at radius 1 is 1.20 bits per heavy atom. The van der Waals surface area contributed by atoms with E-state index in [2.05, 4.69) is 10.2 Å². The van der Waals surface area contributed by atoms with Crippen LogP contribution in [0.15, 0.2) is 9.64 Å². The normalized spacial score (nSPS) is 11.9. The lowest BCUT2D eigenvalue weighted by atomic mass is 10.2. The van der Waals surface area contributed by atoms with Crippen LogP contribution in [0.4, 0.5) is 0 Å². The second kappa shape index (κ2) is 8.57. The molecule has 0 aromatic carbocycles. The topological polar surface area (TPSA) is 91.5 Å². The number of carbonyl (C=O) groups excluding carboxylic acids is 2. The molecule has 0 saturated carbocycles. The molecule has 112 valence electrons. The second-order valence-electron chi connectivity index (χ2n) is 3.74. The van der Waals surface area contributed by atoms with Crippen molar-refractivity contribution in [1.82, 2.24) is 10.2 Å². The molecule has 0 N–H and O–H groups in total. The summed E-state index contributed by atoms with van der Waals surface area (Å²) in [6, 6.07) is 0. The van der Waals surface area contributed by atoms with Gasteiger partial charge in [0.05, 0.1) is 13.2 Å². The summed E-state index contributed by atoms with van der Waals surface area (Å²) in [5.74, 6) is -1.21. The molecule has 0 radical (unpaired) electrons. The molecule has 7 nitrogen and oxygen atoms in total. The first kappa shape index (κ1) is 16.5. The van der Waals surface area contributed by atoms with Gasteiger partial charge in [0.2, 0.25) is 0 Å². The van der Waals surface area contributed by atoms with Gasteiger partial charge in [0.15, 0.2) is 0 Å². The molecule has 1 aromatic rings. The zero-order valence-corrected chi connectivity index (χ0v) is 12.6. The summed E-state index contributed by atoms with van der Waals surface area (Å²) >= 11 is 1.10. The lowest BCUT2D eigenvalue weighted by Gasteiger charge is -2.11. The molecule has 0 aliphatic carbocycles. The van der Waals surface area contributed by atoms with Crippen molar-refractivity contribution in [2.75, 3.05) is 13.2 Å². The quantitative estimate of drug-likeness (QED) is 0.532. The van der Waals surface area contributed by atoms with Crippen molar-refractivity contribution in [3.63, 3.8) is 0 Å². The SMILES string of the molecule is CCCC(Sc1nnc(C(=O)OCC)o1)C(=O)OCC. The third kappa shape index (κ3) is 4.84. The minimum absolute atomic E-state index is 0.152. The predicted molar refractivity (Wildman–Crippen MR) is 71.4 cm³/mol. The molecule has 20 heavy (non-hydrogen) atoms. The van der Waals surface area contributed by atoms with Gasteiger partial charge >= 0.3 is 17.8 Å². The highest BCUT2D eigenvalue weighted by Crippen LogP contribution is 2.26. The van der Waals surface area contributed by atoms with Gasteiger partial charge < -0.3 is 13.9 Å². The summed E-state index contributed by atoms with van der Waals surface area (Å²) in [5.41, 5.74) is 0. The number of ether oxygens (including phenoxy) is 2. The molecule has 0 bridgehead atoms. The molecule has 8 heteroatoms. The molecule has 0 aliphatic rings. The van der Waals surface area contributed by atoms with E-state index in [0.717, 1.165) is 18.2 Å². The Labute approximate surface area is 121 Å². The lowest BCUT2D eigenvalue weighted by Crippen LogP contribution is -2.20. The number of nitrogens with zero attached hydrogens (tertiary/aromatic N) is 2. The zero-order chi connectivity index (χ0) is 15.0. The van der Waals surface area contributed by atoms with E-state index in [1.807, 2.05) is 6.92 Å². The van der Waals surface area contributed by atoms with E-state index in [0.29, 0.717) is 13.0 Å². The van der Waals surface area contributed by atoms with E-state index in [-0.39, 0.29) is 23.7 Å². The first-order chi connectivity index (χ1) is 9.62. The second-order valence-corrected chi connectivity index (χ2v) is 4.89. The Bertz CT molecular complexity index is 449. The Balaban J connectivity index is 2.69. The van der Waals surface area contributed by atoms with Crippen molar-refractivity contribution in [3.05, 3.63) is 5.89 Å². The third-order valence-corrected chi connectivity index (χ3v) is 3.28. The van der Waals surface area contributed by atoms with Crippen LogP contribution < -0.4 is 0 Å². The van der Waals surface area contributed by atoms with E-state index < -0.39 is 11.2 Å². The highest BCUT2D eigenvalue weighted by Gasteiger charge is 2.24. The molecular weight excluding hydrogens is 284 g/mol. The first-order valence-electron chi connectivity index (χ1n) is 6.46. The van der Waals surface area contributed by atoms with Gasteiger partial charge in [-0.3, -0.25) is 4.79 Å². The average Bonchev–Trinajstić information content (AvgIpc) is 2.87. The van der Waals surface area contributed by atoms with Crippen LogP contribution >= 0.6 is 11.8 Å². The highest BCUT2D eigenvalue weighted by molar-refractivity contribution is 8.00. The maximum absolute atomic E-state index is 11.8. The summed E-state index contributed by atoms with van der Waals surface area (Å²) in [5, 5.41) is 7.04. The monoisotopic (exact) mass is 302 g/mol. The van der Waals surface area contributed by atoms with Gasteiger partial charge in [0.25, 0.3) is 5.22 Å². The van der Waals surface area contributed by atoms with Gasteiger partial charge in [-0.2, -0.15) is 0 Å². The van der Waals surface area contributed by atoms with Gasteiger partial charge in [0.1, 0.15) is 5.25 Å². The van der Waals surface area contributed by atoms with E-state index >= 15 is 0 Å². The Kier molecular flexibility index (Phi) is 7.06. The van der Waals surface area contributed by atoms with Crippen LogP contribution in [0, 0.1) is 0 Å².